The zero-order valence-electron chi connectivity index (χ0n) is 16.1. The van der Waals surface area contributed by atoms with Gasteiger partial charge < -0.3 is 4.90 Å². The Morgan fingerprint density at radius 1 is 1.04 bits per heavy atom. The quantitative estimate of drug-likeness (QED) is 0.827. The number of likely N-dealkylation sites (tertiary alicyclic amines) is 2. The number of rotatable bonds is 3. The molecule has 1 atom stereocenters. The Labute approximate surface area is 152 Å². The molecule has 3 nitrogen and oxygen atoms in total. The van der Waals surface area contributed by atoms with Crippen molar-refractivity contribution in [1.82, 2.24) is 9.80 Å². The van der Waals surface area contributed by atoms with E-state index in [1.807, 2.05) is 0 Å². The van der Waals surface area contributed by atoms with Crippen LogP contribution in [0.2, 0.25) is 0 Å². The second-order valence-corrected chi connectivity index (χ2v) is 9.34. The third-order valence-electron chi connectivity index (χ3n) is 6.45. The Morgan fingerprint density at radius 3 is 2.28 bits per heavy atom. The number of hydrogen-bond acceptors (Lipinski definition) is 2. The molecule has 1 unspecified atom stereocenters. The van der Waals surface area contributed by atoms with Gasteiger partial charge in [-0.25, -0.2) is 0 Å². The Hall–Kier alpha value is -1.35. The molecule has 0 bridgehead atoms. The van der Waals surface area contributed by atoms with E-state index in [0.717, 1.165) is 38.9 Å². The van der Waals surface area contributed by atoms with Gasteiger partial charge in [-0.3, -0.25) is 9.69 Å². The second kappa shape index (κ2) is 6.12. The minimum absolute atomic E-state index is 0.192. The van der Waals surface area contributed by atoms with Gasteiger partial charge in [0.1, 0.15) is 5.54 Å². The molecule has 25 heavy (non-hydrogen) atoms. The van der Waals surface area contributed by atoms with E-state index < -0.39 is 0 Å². The highest BCUT2D eigenvalue weighted by Gasteiger charge is 2.52. The van der Waals surface area contributed by atoms with Crippen LogP contribution in [0.1, 0.15) is 70.4 Å². The standard InChI is InChI=1S/C22H32N2O/c1-21(2,3)18-8-6-17(7-9-18)16-23-14-4-12-22(23)13-5-15-24(20(22)25)19-10-11-19/h6-9,19H,4-5,10-16H2,1-3H3. The van der Waals surface area contributed by atoms with Crippen molar-refractivity contribution >= 4 is 5.91 Å². The number of carbonyl (C=O) groups is 1. The lowest BCUT2D eigenvalue weighted by molar-refractivity contribution is -0.148. The second-order valence-electron chi connectivity index (χ2n) is 9.34. The number of piperidine rings is 1. The van der Waals surface area contributed by atoms with Crippen molar-refractivity contribution in [3.8, 4) is 0 Å². The van der Waals surface area contributed by atoms with Crippen molar-refractivity contribution in [2.75, 3.05) is 13.1 Å². The summed E-state index contributed by atoms with van der Waals surface area (Å²) in [4.78, 5) is 18.0. The lowest BCUT2D eigenvalue weighted by atomic mass is 9.84. The number of carbonyl (C=O) groups excluding carboxylic acids is 1. The third-order valence-corrected chi connectivity index (χ3v) is 6.45. The van der Waals surface area contributed by atoms with E-state index in [0.29, 0.717) is 11.9 Å². The zero-order valence-corrected chi connectivity index (χ0v) is 16.1. The van der Waals surface area contributed by atoms with Gasteiger partial charge in [0, 0.05) is 19.1 Å². The summed E-state index contributed by atoms with van der Waals surface area (Å²) in [5, 5.41) is 0. The smallest absolute Gasteiger partial charge is 0.243 e. The van der Waals surface area contributed by atoms with Gasteiger partial charge in [-0.2, -0.15) is 0 Å². The van der Waals surface area contributed by atoms with Crippen molar-refractivity contribution < 1.29 is 4.79 Å². The van der Waals surface area contributed by atoms with Crippen LogP contribution in [0.15, 0.2) is 24.3 Å². The normalized spacial score (nSPS) is 28.1. The van der Waals surface area contributed by atoms with Crippen LogP contribution in [0.4, 0.5) is 0 Å². The van der Waals surface area contributed by atoms with Crippen molar-refractivity contribution in [3.05, 3.63) is 35.4 Å². The Balaban J connectivity index is 1.52. The number of nitrogens with zero attached hydrogens (tertiary/aromatic N) is 2. The Kier molecular flexibility index (Phi) is 4.18. The number of hydrogen-bond donors (Lipinski definition) is 0. The van der Waals surface area contributed by atoms with E-state index in [1.165, 1.54) is 30.4 Å². The fourth-order valence-electron chi connectivity index (χ4n) is 4.77. The summed E-state index contributed by atoms with van der Waals surface area (Å²) < 4.78 is 0. The van der Waals surface area contributed by atoms with Crippen LogP contribution in [0.25, 0.3) is 0 Å². The lowest BCUT2D eigenvalue weighted by Crippen LogP contribution is -2.60. The average Bonchev–Trinajstić information content (AvgIpc) is 3.34. The van der Waals surface area contributed by atoms with Gasteiger partial charge in [-0.1, -0.05) is 45.0 Å². The summed E-state index contributed by atoms with van der Waals surface area (Å²) in [7, 11) is 0. The molecule has 3 heteroatoms. The predicted molar refractivity (Wildman–Crippen MR) is 101 cm³/mol. The van der Waals surface area contributed by atoms with Crippen molar-refractivity contribution in [2.24, 2.45) is 0 Å². The minimum atomic E-state index is -0.205. The first-order valence-corrected chi connectivity index (χ1v) is 10.1. The molecule has 0 radical (unpaired) electrons. The van der Waals surface area contributed by atoms with Crippen LogP contribution in [-0.2, 0) is 16.8 Å². The van der Waals surface area contributed by atoms with Crippen LogP contribution >= 0.6 is 0 Å². The highest BCUT2D eigenvalue weighted by molar-refractivity contribution is 5.88. The van der Waals surface area contributed by atoms with E-state index >= 15 is 0 Å². The first kappa shape index (κ1) is 17.1. The molecule has 2 aliphatic heterocycles. The van der Waals surface area contributed by atoms with Crippen LogP contribution in [0, 0.1) is 0 Å². The van der Waals surface area contributed by atoms with Gasteiger partial charge in [-0.05, 0) is 61.6 Å². The largest absolute Gasteiger partial charge is 0.338 e. The molecule has 1 saturated carbocycles. The van der Waals surface area contributed by atoms with Gasteiger partial charge in [-0.15, -0.1) is 0 Å². The van der Waals surface area contributed by atoms with E-state index in [4.69, 9.17) is 0 Å². The molecule has 1 aromatic rings. The Morgan fingerprint density at radius 2 is 1.68 bits per heavy atom. The van der Waals surface area contributed by atoms with Crippen LogP contribution < -0.4 is 0 Å². The fraction of sp³-hybridized carbons (Fsp3) is 0.682. The first-order valence-electron chi connectivity index (χ1n) is 10.1. The maximum Gasteiger partial charge on any atom is 0.243 e. The van der Waals surface area contributed by atoms with Gasteiger partial charge in [0.15, 0.2) is 0 Å². The summed E-state index contributed by atoms with van der Waals surface area (Å²) in [6.07, 6.45) is 6.86. The lowest BCUT2D eigenvalue weighted by Gasteiger charge is -2.45. The molecule has 1 aromatic carbocycles. The highest BCUT2D eigenvalue weighted by atomic mass is 16.2. The van der Waals surface area contributed by atoms with Crippen molar-refractivity contribution in [1.29, 1.82) is 0 Å². The highest BCUT2D eigenvalue weighted by Crippen LogP contribution is 2.42. The van der Waals surface area contributed by atoms with Gasteiger partial charge in [0.25, 0.3) is 0 Å². The number of amides is 1. The van der Waals surface area contributed by atoms with Gasteiger partial charge in [0.2, 0.25) is 5.91 Å². The predicted octanol–water partition coefficient (Wildman–Crippen LogP) is 4.10. The van der Waals surface area contributed by atoms with Crippen LogP contribution in [0.5, 0.6) is 0 Å². The first-order chi connectivity index (χ1) is 11.9. The maximum atomic E-state index is 13.3. The molecule has 1 amide bonds. The number of benzene rings is 1. The zero-order chi connectivity index (χ0) is 17.7. The average molecular weight is 341 g/mol. The van der Waals surface area contributed by atoms with Gasteiger partial charge >= 0.3 is 0 Å². The maximum absolute atomic E-state index is 13.3. The van der Waals surface area contributed by atoms with E-state index in [-0.39, 0.29) is 11.0 Å². The molecular weight excluding hydrogens is 308 g/mol. The molecule has 1 aliphatic carbocycles. The summed E-state index contributed by atoms with van der Waals surface area (Å²) in [6, 6.07) is 9.60. The monoisotopic (exact) mass is 340 g/mol. The third kappa shape index (κ3) is 3.12. The van der Waals surface area contributed by atoms with E-state index in [2.05, 4.69) is 54.8 Å². The summed E-state index contributed by atoms with van der Waals surface area (Å²) in [5.41, 5.74) is 2.70. The molecule has 1 spiro atoms. The molecule has 3 fully saturated rings. The fourth-order valence-corrected chi connectivity index (χ4v) is 4.77. The van der Waals surface area contributed by atoms with E-state index in [1.54, 1.807) is 0 Å². The molecule has 0 N–H and O–H groups in total. The summed E-state index contributed by atoms with van der Waals surface area (Å²) in [5.74, 6) is 0.435. The van der Waals surface area contributed by atoms with E-state index in [9.17, 15) is 4.79 Å². The molecule has 4 rings (SSSR count). The molecule has 0 aromatic heterocycles. The SMILES string of the molecule is CC(C)(C)c1ccc(CN2CCCC23CCCN(C2CC2)C3=O)cc1. The molecule has 136 valence electrons. The molecular formula is C22H32N2O. The topological polar surface area (TPSA) is 23.6 Å². The van der Waals surface area contributed by atoms with Crippen LogP contribution in [-0.4, -0.2) is 40.4 Å². The molecule has 2 saturated heterocycles. The summed E-state index contributed by atoms with van der Waals surface area (Å²) in [6.45, 7) is 9.72. The Bertz CT molecular complexity index is 641. The van der Waals surface area contributed by atoms with Crippen molar-refractivity contribution in [3.63, 3.8) is 0 Å². The molecule has 3 aliphatic rings. The van der Waals surface area contributed by atoms with Crippen molar-refractivity contribution in [2.45, 2.75) is 82.8 Å². The van der Waals surface area contributed by atoms with Crippen LogP contribution in [0.3, 0.4) is 0 Å². The molecule has 2 heterocycles. The van der Waals surface area contributed by atoms with Gasteiger partial charge in [0.05, 0.1) is 0 Å². The minimum Gasteiger partial charge on any atom is -0.338 e. The summed E-state index contributed by atoms with van der Waals surface area (Å²) >= 11 is 0.